The Hall–Kier alpha value is -1.74. The second-order valence-corrected chi connectivity index (χ2v) is 5.75. The molecule has 2 aromatic rings. The van der Waals surface area contributed by atoms with Crippen molar-refractivity contribution >= 4 is 51.4 Å². The van der Waals surface area contributed by atoms with E-state index in [4.69, 9.17) is 18.0 Å². The first-order chi connectivity index (χ1) is 9.90. The summed E-state index contributed by atoms with van der Waals surface area (Å²) in [5, 5.41) is 12.1. The summed E-state index contributed by atoms with van der Waals surface area (Å²) in [7, 11) is 0. The third kappa shape index (κ3) is 3.48. The Morgan fingerprint density at radius 1 is 1.33 bits per heavy atom. The molecule has 0 fully saturated rings. The molecule has 0 atom stereocenters. The van der Waals surface area contributed by atoms with Gasteiger partial charge in [-0.2, -0.15) is 0 Å². The Balaban J connectivity index is 2.34. The minimum atomic E-state index is -0.606. The lowest BCUT2D eigenvalue weighted by Crippen LogP contribution is -2.19. The van der Waals surface area contributed by atoms with Crippen molar-refractivity contribution in [3.63, 3.8) is 0 Å². The van der Waals surface area contributed by atoms with Gasteiger partial charge < -0.3 is 16.2 Å². The van der Waals surface area contributed by atoms with Crippen molar-refractivity contribution in [1.82, 2.24) is 0 Å². The van der Waals surface area contributed by atoms with E-state index in [1.54, 1.807) is 12.1 Å². The summed E-state index contributed by atoms with van der Waals surface area (Å²) in [6, 6.07) is 8.64. The zero-order valence-electron chi connectivity index (χ0n) is 10.6. The summed E-state index contributed by atoms with van der Waals surface area (Å²) in [6.07, 6.45) is 0. The summed E-state index contributed by atoms with van der Waals surface area (Å²) in [5.74, 6) is -1.10. The number of halogens is 2. The summed E-state index contributed by atoms with van der Waals surface area (Å²) in [4.78, 5) is 12.0. The first-order valence-electron chi connectivity index (χ1n) is 5.78. The Morgan fingerprint density at radius 3 is 2.67 bits per heavy atom. The lowest BCUT2D eigenvalue weighted by Gasteiger charge is -2.11. The Labute approximate surface area is 139 Å². The Kier molecular flexibility index (Phi) is 4.73. The predicted molar refractivity (Wildman–Crippen MR) is 91.1 cm³/mol. The number of phenols is 1. The third-order valence-electron chi connectivity index (χ3n) is 2.72. The normalized spacial score (nSPS) is 10.2. The van der Waals surface area contributed by atoms with Crippen LogP contribution < -0.4 is 11.1 Å². The van der Waals surface area contributed by atoms with Gasteiger partial charge in [-0.05, 0) is 52.9 Å². The molecule has 4 N–H and O–H groups in total. The molecule has 0 unspecified atom stereocenters. The number of phenolic OH excluding ortho intramolecular Hbond substituents is 1. The number of nitrogens with one attached hydrogen (secondary N) is 1. The van der Waals surface area contributed by atoms with E-state index >= 15 is 0 Å². The molecule has 0 aromatic heterocycles. The molecule has 4 nitrogen and oxygen atoms in total. The highest BCUT2D eigenvalue weighted by Gasteiger charge is 2.15. The maximum atomic E-state index is 13.7. The fourth-order valence-corrected chi connectivity index (χ4v) is 2.27. The van der Waals surface area contributed by atoms with Crippen LogP contribution >= 0.6 is 34.8 Å². The molecule has 0 aliphatic heterocycles. The van der Waals surface area contributed by atoms with Gasteiger partial charge in [0.05, 0.1) is 14.8 Å². The summed E-state index contributed by atoms with van der Waals surface area (Å²) in [5.41, 5.74) is 5.88. The van der Waals surface area contributed by atoms with Gasteiger partial charge in [0.1, 0.15) is 16.6 Å². The van der Waals surface area contributed by atoms with E-state index in [1.165, 1.54) is 24.3 Å². The van der Waals surface area contributed by atoms with Crippen molar-refractivity contribution in [3.8, 4) is 5.75 Å². The number of carbonyl (C=O) groups is 1. The van der Waals surface area contributed by atoms with Gasteiger partial charge in [0, 0.05) is 5.56 Å². The highest BCUT2D eigenvalue weighted by molar-refractivity contribution is 14.1. The van der Waals surface area contributed by atoms with Gasteiger partial charge in [0.2, 0.25) is 0 Å². The molecule has 2 aromatic carbocycles. The van der Waals surface area contributed by atoms with Gasteiger partial charge >= 0.3 is 0 Å². The van der Waals surface area contributed by atoms with E-state index in [2.05, 4.69) is 5.32 Å². The van der Waals surface area contributed by atoms with Crippen LogP contribution in [-0.2, 0) is 0 Å². The summed E-state index contributed by atoms with van der Waals surface area (Å²) < 4.78 is 14.3. The van der Waals surface area contributed by atoms with Crippen molar-refractivity contribution in [1.29, 1.82) is 0 Å². The second kappa shape index (κ2) is 6.35. The van der Waals surface area contributed by atoms with Crippen LogP contribution in [0.2, 0.25) is 0 Å². The number of aromatic hydroxyl groups is 1. The quantitative estimate of drug-likeness (QED) is 0.531. The van der Waals surface area contributed by atoms with Crippen LogP contribution in [-0.4, -0.2) is 16.0 Å². The van der Waals surface area contributed by atoms with Crippen LogP contribution in [0.15, 0.2) is 36.4 Å². The molecule has 2 rings (SSSR count). The molecule has 1 amide bonds. The van der Waals surface area contributed by atoms with Crippen molar-refractivity contribution in [3.05, 3.63) is 56.9 Å². The minimum Gasteiger partial charge on any atom is -0.507 e. The summed E-state index contributed by atoms with van der Waals surface area (Å²) in [6.45, 7) is 0. The van der Waals surface area contributed by atoms with Gasteiger partial charge in [0.15, 0.2) is 0 Å². The van der Waals surface area contributed by atoms with E-state index in [0.717, 1.165) is 0 Å². The molecule has 108 valence electrons. The fraction of sp³-hybridized carbons (Fsp3) is 0. The average molecular weight is 416 g/mol. The number of benzene rings is 2. The van der Waals surface area contributed by atoms with E-state index in [0.29, 0.717) is 3.57 Å². The van der Waals surface area contributed by atoms with E-state index in [1.807, 2.05) is 22.6 Å². The van der Waals surface area contributed by atoms with Crippen molar-refractivity contribution < 1.29 is 14.3 Å². The number of thiocarbonyl (C=S) groups is 1. The minimum absolute atomic E-state index is 0.00272. The van der Waals surface area contributed by atoms with Crippen LogP contribution in [0.5, 0.6) is 5.75 Å². The standard InChI is InChI=1S/C14H10FIN2O2S/c15-8-2-1-3-10(12(8)13(17)21)18-14(20)7-4-5-9(16)11(19)6-7/h1-6,19H,(H2,17,21)(H,18,20). The predicted octanol–water partition coefficient (Wildman–Crippen LogP) is 3.02. The SMILES string of the molecule is NC(=S)c1c(F)cccc1NC(=O)c1ccc(I)c(O)c1. The molecule has 0 radical (unpaired) electrons. The van der Waals surface area contributed by atoms with E-state index in [9.17, 15) is 14.3 Å². The van der Waals surface area contributed by atoms with Crippen LogP contribution in [0, 0.1) is 9.39 Å². The number of rotatable bonds is 3. The number of amides is 1. The topological polar surface area (TPSA) is 75.3 Å². The average Bonchev–Trinajstić information content (AvgIpc) is 2.41. The van der Waals surface area contributed by atoms with Crippen molar-refractivity contribution in [2.24, 2.45) is 5.73 Å². The van der Waals surface area contributed by atoms with Crippen LogP contribution in [0.25, 0.3) is 0 Å². The highest BCUT2D eigenvalue weighted by atomic mass is 127. The van der Waals surface area contributed by atoms with E-state index < -0.39 is 11.7 Å². The molecule has 0 spiro atoms. The smallest absolute Gasteiger partial charge is 0.255 e. The van der Waals surface area contributed by atoms with Crippen molar-refractivity contribution in [2.45, 2.75) is 0 Å². The van der Waals surface area contributed by atoms with Crippen molar-refractivity contribution in [2.75, 3.05) is 5.32 Å². The van der Waals surface area contributed by atoms with Gasteiger partial charge in [-0.3, -0.25) is 4.79 Å². The lowest BCUT2D eigenvalue weighted by atomic mass is 10.1. The molecule has 0 heterocycles. The second-order valence-electron chi connectivity index (χ2n) is 4.15. The first-order valence-corrected chi connectivity index (χ1v) is 7.27. The molecule has 0 aliphatic carbocycles. The lowest BCUT2D eigenvalue weighted by molar-refractivity contribution is 0.102. The highest BCUT2D eigenvalue weighted by Crippen LogP contribution is 2.23. The maximum Gasteiger partial charge on any atom is 0.255 e. The van der Waals surface area contributed by atoms with Gasteiger partial charge in [-0.25, -0.2) is 4.39 Å². The summed E-state index contributed by atoms with van der Waals surface area (Å²) >= 11 is 6.73. The molecule has 7 heteroatoms. The molecular weight excluding hydrogens is 406 g/mol. The molecular formula is C14H10FIN2O2S. The van der Waals surface area contributed by atoms with Crippen LogP contribution in [0.1, 0.15) is 15.9 Å². The largest absolute Gasteiger partial charge is 0.507 e. The van der Waals surface area contributed by atoms with E-state index in [-0.39, 0.29) is 27.6 Å². The number of carbonyl (C=O) groups excluding carboxylic acids is 1. The molecule has 21 heavy (non-hydrogen) atoms. The molecule has 0 bridgehead atoms. The number of hydrogen-bond donors (Lipinski definition) is 3. The monoisotopic (exact) mass is 416 g/mol. The Morgan fingerprint density at radius 2 is 2.05 bits per heavy atom. The van der Waals surface area contributed by atoms with Gasteiger partial charge in [-0.1, -0.05) is 18.3 Å². The number of nitrogens with two attached hydrogens (primary N) is 1. The third-order valence-corrected chi connectivity index (χ3v) is 3.83. The zero-order chi connectivity index (χ0) is 15.6. The van der Waals surface area contributed by atoms with Crippen LogP contribution in [0.3, 0.4) is 0 Å². The van der Waals surface area contributed by atoms with Gasteiger partial charge in [0.25, 0.3) is 5.91 Å². The molecule has 0 saturated heterocycles. The van der Waals surface area contributed by atoms with Crippen LogP contribution in [0.4, 0.5) is 10.1 Å². The number of hydrogen-bond acceptors (Lipinski definition) is 3. The molecule has 0 aliphatic rings. The first kappa shape index (κ1) is 15.6. The molecule has 0 saturated carbocycles. The maximum absolute atomic E-state index is 13.7. The number of anilines is 1. The zero-order valence-corrected chi connectivity index (χ0v) is 13.5. The fourth-order valence-electron chi connectivity index (χ4n) is 1.73. The van der Waals surface area contributed by atoms with Gasteiger partial charge in [-0.15, -0.1) is 0 Å². The Bertz CT molecular complexity index is 737.